The molecule has 6 N–H and O–H groups in total. The third-order valence-electron chi connectivity index (χ3n) is 2.00. The van der Waals surface area contributed by atoms with Crippen molar-refractivity contribution in [3.8, 4) is 0 Å². The summed E-state index contributed by atoms with van der Waals surface area (Å²) in [6, 6.07) is 0. The van der Waals surface area contributed by atoms with Gasteiger partial charge in [-0.05, 0) is 12.8 Å². The van der Waals surface area contributed by atoms with Crippen LogP contribution < -0.4 is 11.5 Å². The molecule has 0 rings (SSSR count). The van der Waals surface area contributed by atoms with Crippen molar-refractivity contribution in [3.05, 3.63) is 0 Å². The zero-order valence-electron chi connectivity index (χ0n) is 8.61. The average molecular weight is 218 g/mol. The van der Waals surface area contributed by atoms with Gasteiger partial charge in [-0.15, -0.1) is 0 Å². The maximum absolute atomic E-state index is 10.4. The van der Waals surface area contributed by atoms with Crippen LogP contribution in [0.25, 0.3) is 0 Å². The van der Waals surface area contributed by atoms with Crippen molar-refractivity contribution >= 4 is 11.8 Å². The minimum absolute atomic E-state index is 0.0642. The number of hydrogen-bond acceptors (Lipinski definition) is 4. The molecule has 6 heteroatoms. The Morgan fingerprint density at radius 1 is 0.933 bits per heavy atom. The van der Waals surface area contributed by atoms with Gasteiger partial charge in [-0.3, -0.25) is 9.59 Å². The smallest absolute Gasteiger partial charge is 0.217 e. The van der Waals surface area contributed by atoms with Crippen LogP contribution in [0.2, 0.25) is 0 Å². The van der Waals surface area contributed by atoms with Crippen LogP contribution in [0, 0.1) is 0 Å². The topological polar surface area (TPSA) is 127 Å². The molecule has 15 heavy (non-hydrogen) atoms. The summed E-state index contributed by atoms with van der Waals surface area (Å²) < 4.78 is 0. The number of carbonyl (C=O) groups excluding carboxylic acids is 2. The standard InChI is InChI=1S/C9H18N2O4/c10-7(12)3-1-5-9(14,15)6-2-4-8(11)13/h14-15H,1-6H2,(H2,10,12)(H2,11,13). The van der Waals surface area contributed by atoms with Crippen LogP contribution >= 0.6 is 0 Å². The molecule has 0 aliphatic rings. The van der Waals surface area contributed by atoms with Gasteiger partial charge >= 0.3 is 0 Å². The molecule has 0 bridgehead atoms. The lowest BCUT2D eigenvalue weighted by Gasteiger charge is -2.20. The van der Waals surface area contributed by atoms with Crippen molar-refractivity contribution in [2.75, 3.05) is 0 Å². The predicted molar refractivity (Wildman–Crippen MR) is 53.3 cm³/mol. The molecule has 88 valence electrons. The second-order valence-electron chi connectivity index (χ2n) is 3.62. The molecule has 0 heterocycles. The highest BCUT2D eigenvalue weighted by Crippen LogP contribution is 2.17. The van der Waals surface area contributed by atoms with Gasteiger partial charge in [0.1, 0.15) is 0 Å². The summed E-state index contributed by atoms with van der Waals surface area (Å²) in [6.45, 7) is 0. The maximum atomic E-state index is 10.4. The summed E-state index contributed by atoms with van der Waals surface area (Å²) in [5, 5.41) is 18.8. The van der Waals surface area contributed by atoms with Crippen molar-refractivity contribution in [2.45, 2.75) is 44.3 Å². The number of amides is 2. The van der Waals surface area contributed by atoms with Crippen LogP contribution in [0.1, 0.15) is 38.5 Å². The van der Waals surface area contributed by atoms with E-state index in [1.54, 1.807) is 0 Å². The minimum atomic E-state index is -1.84. The van der Waals surface area contributed by atoms with E-state index in [1.807, 2.05) is 0 Å². The molecule has 0 saturated heterocycles. The summed E-state index contributed by atoms with van der Waals surface area (Å²) in [4.78, 5) is 20.8. The largest absolute Gasteiger partial charge is 0.370 e. The zero-order chi connectivity index (χ0) is 11.9. The fourth-order valence-electron chi connectivity index (χ4n) is 1.22. The minimum Gasteiger partial charge on any atom is -0.370 e. The predicted octanol–water partition coefficient (Wildman–Crippen LogP) is -1.02. The van der Waals surface area contributed by atoms with Gasteiger partial charge in [0, 0.05) is 25.7 Å². The molecule has 6 nitrogen and oxygen atoms in total. The van der Waals surface area contributed by atoms with Crippen molar-refractivity contribution in [1.82, 2.24) is 0 Å². The van der Waals surface area contributed by atoms with Gasteiger partial charge in [-0.25, -0.2) is 0 Å². The van der Waals surface area contributed by atoms with Crippen LogP contribution in [0.3, 0.4) is 0 Å². The summed E-state index contributed by atoms with van der Waals surface area (Å²) in [5.74, 6) is -2.78. The third-order valence-corrected chi connectivity index (χ3v) is 2.00. The summed E-state index contributed by atoms with van der Waals surface area (Å²) in [5.41, 5.74) is 9.80. The van der Waals surface area contributed by atoms with E-state index in [0.717, 1.165) is 0 Å². The summed E-state index contributed by atoms with van der Waals surface area (Å²) >= 11 is 0. The van der Waals surface area contributed by atoms with Crippen molar-refractivity contribution in [3.63, 3.8) is 0 Å². The van der Waals surface area contributed by atoms with Crippen LogP contribution in [-0.4, -0.2) is 27.8 Å². The Hall–Kier alpha value is -1.14. The van der Waals surface area contributed by atoms with E-state index in [4.69, 9.17) is 11.5 Å². The van der Waals surface area contributed by atoms with E-state index in [0.29, 0.717) is 12.8 Å². The van der Waals surface area contributed by atoms with Crippen LogP contribution in [0.15, 0.2) is 0 Å². The monoisotopic (exact) mass is 218 g/mol. The quantitative estimate of drug-likeness (QED) is 0.389. The first-order chi connectivity index (χ1) is 6.83. The Morgan fingerprint density at radius 3 is 1.53 bits per heavy atom. The van der Waals surface area contributed by atoms with E-state index in [-0.39, 0.29) is 25.7 Å². The fourth-order valence-corrected chi connectivity index (χ4v) is 1.22. The molecular weight excluding hydrogens is 200 g/mol. The van der Waals surface area contributed by atoms with Gasteiger partial charge < -0.3 is 21.7 Å². The Bertz CT molecular complexity index is 206. The molecule has 0 spiro atoms. The van der Waals surface area contributed by atoms with Gasteiger partial charge in [0.2, 0.25) is 11.8 Å². The second-order valence-corrected chi connectivity index (χ2v) is 3.62. The van der Waals surface area contributed by atoms with Crippen molar-refractivity contribution in [2.24, 2.45) is 11.5 Å². The number of rotatable bonds is 8. The first-order valence-electron chi connectivity index (χ1n) is 4.85. The lowest BCUT2D eigenvalue weighted by Crippen LogP contribution is -2.29. The van der Waals surface area contributed by atoms with Crippen LogP contribution in [-0.2, 0) is 9.59 Å². The Labute approximate surface area is 88.3 Å². The highest BCUT2D eigenvalue weighted by atomic mass is 16.5. The number of carbonyl (C=O) groups is 2. The molecule has 0 radical (unpaired) electrons. The number of hydrogen-bond donors (Lipinski definition) is 4. The molecule has 0 aromatic carbocycles. The molecule has 0 unspecified atom stereocenters. The average Bonchev–Trinajstić information content (AvgIpc) is 2.01. The molecule has 0 aliphatic heterocycles. The zero-order valence-corrected chi connectivity index (χ0v) is 8.61. The summed E-state index contributed by atoms with van der Waals surface area (Å²) in [6.07, 6.45) is 1.01. The van der Waals surface area contributed by atoms with Gasteiger partial charge in [-0.2, -0.15) is 0 Å². The molecule has 0 fully saturated rings. The molecular formula is C9H18N2O4. The lowest BCUT2D eigenvalue weighted by atomic mass is 10.0. The lowest BCUT2D eigenvalue weighted by molar-refractivity contribution is -0.172. The highest BCUT2D eigenvalue weighted by molar-refractivity contribution is 5.73. The molecule has 2 amide bonds. The van der Waals surface area contributed by atoms with E-state index in [9.17, 15) is 19.8 Å². The molecule has 0 aromatic heterocycles. The van der Waals surface area contributed by atoms with Crippen molar-refractivity contribution < 1.29 is 19.8 Å². The third kappa shape index (κ3) is 9.17. The molecule has 0 aromatic rings. The van der Waals surface area contributed by atoms with E-state index in [2.05, 4.69) is 0 Å². The number of nitrogens with two attached hydrogens (primary N) is 2. The molecule has 0 saturated carbocycles. The first kappa shape index (κ1) is 13.9. The van der Waals surface area contributed by atoms with E-state index < -0.39 is 17.6 Å². The second kappa shape index (κ2) is 6.36. The van der Waals surface area contributed by atoms with Gasteiger partial charge in [0.25, 0.3) is 0 Å². The Morgan fingerprint density at radius 2 is 1.27 bits per heavy atom. The SMILES string of the molecule is NC(=O)CCCC(O)(O)CCCC(N)=O. The molecule has 0 aliphatic carbocycles. The van der Waals surface area contributed by atoms with Crippen molar-refractivity contribution in [1.29, 1.82) is 0 Å². The maximum Gasteiger partial charge on any atom is 0.217 e. The normalized spacial score (nSPS) is 11.3. The summed E-state index contributed by atoms with van der Waals surface area (Å²) in [7, 11) is 0. The van der Waals surface area contributed by atoms with Gasteiger partial charge in [0.15, 0.2) is 5.79 Å². The van der Waals surface area contributed by atoms with Gasteiger partial charge in [-0.1, -0.05) is 0 Å². The van der Waals surface area contributed by atoms with Crippen LogP contribution in [0.5, 0.6) is 0 Å². The first-order valence-corrected chi connectivity index (χ1v) is 4.85. The van der Waals surface area contributed by atoms with E-state index >= 15 is 0 Å². The highest BCUT2D eigenvalue weighted by Gasteiger charge is 2.22. The molecule has 0 atom stereocenters. The Kier molecular flexibility index (Phi) is 5.88. The Balaban J connectivity index is 3.66. The number of aliphatic hydroxyl groups is 2. The van der Waals surface area contributed by atoms with Gasteiger partial charge in [0.05, 0.1) is 0 Å². The van der Waals surface area contributed by atoms with E-state index in [1.165, 1.54) is 0 Å². The fraction of sp³-hybridized carbons (Fsp3) is 0.778. The number of primary amides is 2. The van der Waals surface area contributed by atoms with Crippen LogP contribution in [0.4, 0.5) is 0 Å².